The number of carbonyl (C=O) groups excluding carboxylic acids is 1. The van der Waals surface area contributed by atoms with Gasteiger partial charge >= 0.3 is 0 Å². The summed E-state index contributed by atoms with van der Waals surface area (Å²) in [4.78, 5) is 12.0. The van der Waals surface area contributed by atoms with E-state index in [-0.39, 0.29) is 30.3 Å². The minimum atomic E-state index is -0.317. The second-order valence-corrected chi connectivity index (χ2v) is 4.80. The molecule has 2 N–H and O–H groups in total. The Kier molecular flexibility index (Phi) is 5.28. The number of carbonyl (C=O) groups is 1. The molecule has 100 valence electrons. The molecule has 0 aromatic heterocycles. The second-order valence-electron chi connectivity index (χ2n) is 4.80. The number of aliphatic hydroxyl groups excluding tert-OH is 1. The molecule has 0 aliphatic carbocycles. The lowest BCUT2D eigenvalue weighted by atomic mass is 10.0. The Morgan fingerprint density at radius 1 is 1.44 bits per heavy atom. The number of aliphatic hydroxyl groups is 1. The third-order valence-corrected chi connectivity index (χ3v) is 2.98. The summed E-state index contributed by atoms with van der Waals surface area (Å²) in [6.45, 7) is 5.62. The standard InChI is InChI=1S/C14H20FNO2/c1-9(2)13(6-7-17)16-14(18)11-4-5-12(15)10(3)8-11/h4-5,8-9,13,17H,6-7H2,1-3H3,(H,16,18). The predicted molar refractivity (Wildman–Crippen MR) is 68.9 cm³/mol. The zero-order valence-corrected chi connectivity index (χ0v) is 11.0. The van der Waals surface area contributed by atoms with Gasteiger partial charge in [0.25, 0.3) is 5.91 Å². The van der Waals surface area contributed by atoms with Gasteiger partial charge in [-0.25, -0.2) is 4.39 Å². The highest BCUT2D eigenvalue weighted by molar-refractivity contribution is 5.94. The van der Waals surface area contributed by atoms with E-state index in [2.05, 4.69) is 5.32 Å². The Morgan fingerprint density at radius 2 is 2.11 bits per heavy atom. The summed E-state index contributed by atoms with van der Waals surface area (Å²) in [5.41, 5.74) is 0.892. The maximum absolute atomic E-state index is 13.1. The fourth-order valence-corrected chi connectivity index (χ4v) is 1.75. The first kappa shape index (κ1) is 14.6. The number of amides is 1. The predicted octanol–water partition coefficient (Wildman–Crippen LogP) is 2.27. The molecule has 1 aromatic carbocycles. The second kappa shape index (κ2) is 6.50. The summed E-state index contributed by atoms with van der Waals surface area (Å²) in [6.07, 6.45) is 0.517. The molecule has 0 fully saturated rings. The van der Waals surface area contributed by atoms with Crippen molar-refractivity contribution in [3.05, 3.63) is 35.1 Å². The summed E-state index contributed by atoms with van der Waals surface area (Å²) in [5, 5.41) is 11.8. The van der Waals surface area contributed by atoms with Gasteiger partial charge in [-0.2, -0.15) is 0 Å². The van der Waals surface area contributed by atoms with Gasteiger partial charge in [0.05, 0.1) is 0 Å². The normalized spacial score (nSPS) is 12.6. The van der Waals surface area contributed by atoms with E-state index in [1.807, 2.05) is 13.8 Å². The molecule has 0 saturated carbocycles. The van der Waals surface area contributed by atoms with Crippen LogP contribution in [0.2, 0.25) is 0 Å². The quantitative estimate of drug-likeness (QED) is 0.845. The van der Waals surface area contributed by atoms with Gasteiger partial charge < -0.3 is 10.4 Å². The van der Waals surface area contributed by atoms with Crippen molar-refractivity contribution in [2.24, 2.45) is 5.92 Å². The molecule has 0 radical (unpaired) electrons. The Balaban J connectivity index is 2.77. The van der Waals surface area contributed by atoms with Crippen molar-refractivity contribution < 1.29 is 14.3 Å². The highest BCUT2D eigenvalue weighted by atomic mass is 19.1. The minimum Gasteiger partial charge on any atom is -0.396 e. The summed E-state index contributed by atoms with van der Waals surface area (Å²) in [7, 11) is 0. The maximum atomic E-state index is 13.1. The minimum absolute atomic E-state index is 0.0333. The first-order chi connectivity index (χ1) is 8.45. The van der Waals surface area contributed by atoms with Crippen LogP contribution in [0.1, 0.15) is 36.2 Å². The molecule has 0 saturated heterocycles. The first-order valence-electron chi connectivity index (χ1n) is 6.13. The molecule has 1 rings (SSSR count). The van der Waals surface area contributed by atoms with E-state index in [9.17, 15) is 9.18 Å². The van der Waals surface area contributed by atoms with Crippen molar-refractivity contribution in [3.63, 3.8) is 0 Å². The van der Waals surface area contributed by atoms with Crippen molar-refractivity contribution >= 4 is 5.91 Å². The van der Waals surface area contributed by atoms with Crippen molar-refractivity contribution in [2.45, 2.75) is 33.2 Å². The fraction of sp³-hybridized carbons (Fsp3) is 0.500. The summed E-state index contributed by atoms with van der Waals surface area (Å²) >= 11 is 0. The number of rotatable bonds is 5. The highest BCUT2D eigenvalue weighted by Gasteiger charge is 2.17. The first-order valence-corrected chi connectivity index (χ1v) is 6.13. The number of halogens is 1. The number of nitrogens with one attached hydrogen (secondary N) is 1. The van der Waals surface area contributed by atoms with Crippen LogP contribution >= 0.6 is 0 Å². The van der Waals surface area contributed by atoms with Crippen molar-refractivity contribution in [3.8, 4) is 0 Å². The summed E-state index contributed by atoms with van der Waals surface area (Å²) < 4.78 is 13.1. The van der Waals surface area contributed by atoms with Crippen molar-refractivity contribution in [1.29, 1.82) is 0 Å². The third kappa shape index (κ3) is 3.81. The lowest BCUT2D eigenvalue weighted by molar-refractivity contribution is 0.0916. The van der Waals surface area contributed by atoms with Crippen LogP contribution < -0.4 is 5.32 Å². The van der Waals surface area contributed by atoms with E-state index in [4.69, 9.17) is 5.11 Å². The van der Waals surface area contributed by atoms with E-state index < -0.39 is 0 Å². The molecular formula is C14H20FNO2. The molecule has 3 nitrogen and oxygen atoms in total. The molecule has 0 spiro atoms. The molecular weight excluding hydrogens is 233 g/mol. The summed E-state index contributed by atoms with van der Waals surface area (Å²) in [6, 6.07) is 4.21. The van der Waals surface area contributed by atoms with Gasteiger partial charge in [-0.05, 0) is 43.0 Å². The molecule has 0 bridgehead atoms. The molecule has 1 amide bonds. The number of aryl methyl sites for hydroxylation is 1. The van der Waals surface area contributed by atoms with Gasteiger partial charge in [0, 0.05) is 18.2 Å². The number of benzene rings is 1. The van der Waals surface area contributed by atoms with Crippen LogP contribution in [0.5, 0.6) is 0 Å². The highest BCUT2D eigenvalue weighted by Crippen LogP contribution is 2.11. The van der Waals surface area contributed by atoms with E-state index in [1.54, 1.807) is 6.92 Å². The fourth-order valence-electron chi connectivity index (χ4n) is 1.75. The van der Waals surface area contributed by atoms with E-state index in [0.717, 1.165) is 0 Å². The number of hydrogen-bond donors (Lipinski definition) is 2. The molecule has 0 aliphatic rings. The van der Waals surface area contributed by atoms with Gasteiger partial charge in [0.2, 0.25) is 0 Å². The third-order valence-electron chi connectivity index (χ3n) is 2.98. The molecule has 1 aromatic rings. The average molecular weight is 253 g/mol. The summed E-state index contributed by atoms with van der Waals surface area (Å²) in [5.74, 6) is -0.310. The van der Waals surface area contributed by atoms with E-state index >= 15 is 0 Å². The smallest absolute Gasteiger partial charge is 0.251 e. The zero-order chi connectivity index (χ0) is 13.7. The topological polar surface area (TPSA) is 49.3 Å². The lowest BCUT2D eigenvalue weighted by Crippen LogP contribution is -2.39. The van der Waals surface area contributed by atoms with Crippen LogP contribution in [0.3, 0.4) is 0 Å². The van der Waals surface area contributed by atoms with Gasteiger partial charge in [0.1, 0.15) is 5.82 Å². The van der Waals surface area contributed by atoms with Crippen LogP contribution in [-0.4, -0.2) is 23.7 Å². The van der Waals surface area contributed by atoms with Gasteiger partial charge in [0.15, 0.2) is 0 Å². The average Bonchev–Trinajstić information content (AvgIpc) is 2.31. The van der Waals surface area contributed by atoms with E-state index in [0.29, 0.717) is 17.5 Å². The molecule has 0 aliphatic heterocycles. The van der Waals surface area contributed by atoms with Crippen LogP contribution in [0.25, 0.3) is 0 Å². The van der Waals surface area contributed by atoms with Gasteiger partial charge in [-0.1, -0.05) is 13.8 Å². The zero-order valence-electron chi connectivity index (χ0n) is 11.0. The molecule has 1 atom stereocenters. The monoisotopic (exact) mass is 253 g/mol. The Labute approximate surface area is 107 Å². The molecule has 4 heteroatoms. The van der Waals surface area contributed by atoms with Crippen LogP contribution in [-0.2, 0) is 0 Å². The van der Waals surface area contributed by atoms with Gasteiger partial charge in [-0.15, -0.1) is 0 Å². The maximum Gasteiger partial charge on any atom is 0.251 e. The Hall–Kier alpha value is -1.42. The van der Waals surface area contributed by atoms with Crippen molar-refractivity contribution in [1.82, 2.24) is 5.32 Å². The molecule has 0 heterocycles. The van der Waals surface area contributed by atoms with E-state index in [1.165, 1.54) is 18.2 Å². The van der Waals surface area contributed by atoms with Crippen LogP contribution in [0.4, 0.5) is 4.39 Å². The van der Waals surface area contributed by atoms with Crippen LogP contribution in [0, 0.1) is 18.7 Å². The SMILES string of the molecule is Cc1cc(C(=O)NC(CCO)C(C)C)ccc1F. The largest absolute Gasteiger partial charge is 0.396 e. The van der Waals surface area contributed by atoms with Gasteiger partial charge in [-0.3, -0.25) is 4.79 Å². The number of hydrogen-bond acceptors (Lipinski definition) is 2. The Bertz CT molecular complexity index is 418. The van der Waals surface area contributed by atoms with Crippen LogP contribution in [0.15, 0.2) is 18.2 Å². The molecule has 1 unspecified atom stereocenters. The lowest BCUT2D eigenvalue weighted by Gasteiger charge is -2.21. The van der Waals surface area contributed by atoms with Crippen molar-refractivity contribution in [2.75, 3.05) is 6.61 Å². The Morgan fingerprint density at radius 3 is 2.61 bits per heavy atom. The molecule has 18 heavy (non-hydrogen) atoms.